The van der Waals surface area contributed by atoms with Crippen molar-refractivity contribution in [1.29, 1.82) is 0 Å². The Morgan fingerprint density at radius 2 is 1.80 bits per heavy atom. The summed E-state index contributed by atoms with van der Waals surface area (Å²) in [6.07, 6.45) is 0.469. The van der Waals surface area contributed by atoms with Crippen molar-refractivity contribution in [2.45, 2.75) is 64.6 Å². The lowest BCUT2D eigenvalue weighted by Crippen LogP contribution is -2.54. The summed E-state index contributed by atoms with van der Waals surface area (Å²) in [5.74, 6) is -1.56. The predicted molar refractivity (Wildman–Crippen MR) is 86.4 cm³/mol. The number of allylic oxidation sites excluding steroid dienone is 1. The first-order chi connectivity index (χ1) is 11.8. The first kappa shape index (κ1) is 21.1. The first-order valence-corrected chi connectivity index (χ1v) is 8.19. The second-order valence-electron chi connectivity index (χ2n) is 5.67. The number of hydrogen-bond acceptors (Lipinski definition) is 8. The van der Waals surface area contributed by atoms with Crippen LogP contribution in [0.2, 0.25) is 0 Å². The van der Waals surface area contributed by atoms with Crippen molar-refractivity contribution in [1.82, 2.24) is 0 Å². The Balaban J connectivity index is 2.82. The van der Waals surface area contributed by atoms with Crippen LogP contribution in [0, 0.1) is 0 Å². The molecule has 0 N–H and O–H groups in total. The van der Waals surface area contributed by atoms with Crippen molar-refractivity contribution in [3.63, 3.8) is 0 Å². The summed E-state index contributed by atoms with van der Waals surface area (Å²) in [6, 6.07) is 0. The molecule has 142 valence electrons. The summed E-state index contributed by atoms with van der Waals surface area (Å²) < 4.78 is 26.9. The molecule has 25 heavy (non-hydrogen) atoms. The summed E-state index contributed by atoms with van der Waals surface area (Å²) in [7, 11) is 0. The number of hydrogen-bond donors (Lipinski definition) is 0. The third-order valence-corrected chi connectivity index (χ3v) is 3.41. The van der Waals surface area contributed by atoms with Crippen molar-refractivity contribution < 1.29 is 38.1 Å². The van der Waals surface area contributed by atoms with Gasteiger partial charge in [-0.3, -0.25) is 14.4 Å². The number of unbranched alkanes of at least 4 members (excludes halogenated alkanes) is 1. The van der Waals surface area contributed by atoms with E-state index in [4.69, 9.17) is 23.7 Å². The Morgan fingerprint density at radius 3 is 2.36 bits per heavy atom. The molecule has 0 saturated carbocycles. The van der Waals surface area contributed by atoms with Crippen molar-refractivity contribution in [2.24, 2.45) is 0 Å². The fourth-order valence-electron chi connectivity index (χ4n) is 2.45. The van der Waals surface area contributed by atoms with Gasteiger partial charge in [-0.1, -0.05) is 6.08 Å². The summed E-state index contributed by atoms with van der Waals surface area (Å²) >= 11 is 0. The average Bonchev–Trinajstić information content (AvgIpc) is 2.51. The van der Waals surface area contributed by atoms with Gasteiger partial charge in [0, 0.05) is 27.2 Å². The van der Waals surface area contributed by atoms with Gasteiger partial charge in [-0.25, -0.2) is 0 Å². The van der Waals surface area contributed by atoms with E-state index in [1.807, 2.05) is 0 Å². The van der Waals surface area contributed by atoms with E-state index >= 15 is 0 Å². The largest absolute Gasteiger partial charge is 0.463 e. The Bertz CT molecular complexity index is 475. The maximum absolute atomic E-state index is 11.4. The lowest BCUT2D eigenvalue weighted by Gasteiger charge is -2.39. The Kier molecular flexibility index (Phi) is 9.15. The SMILES string of the molecule is C=CCCCO[C@H]1C[C@@H](OC(C)=O)[C@@H](OC(C)=O)[C@@H](COC(C)=O)O1. The van der Waals surface area contributed by atoms with E-state index in [2.05, 4.69) is 6.58 Å². The monoisotopic (exact) mass is 358 g/mol. The Morgan fingerprint density at radius 1 is 1.12 bits per heavy atom. The highest BCUT2D eigenvalue weighted by Gasteiger charge is 2.44. The van der Waals surface area contributed by atoms with Crippen LogP contribution in [0.4, 0.5) is 0 Å². The van der Waals surface area contributed by atoms with Crippen LogP contribution in [-0.4, -0.2) is 55.7 Å². The molecule has 0 aromatic rings. The highest BCUT2D eigenvalue weighted by Crippen LogP contribution is 2.27. The predicted octanol–water partition coefficient (Wildman–Crippen LogP) is 1.51. The molecular formula is C17H26O8. The van der Waals surface area contributed by atoms with Crippen LogP contribution in [-0.2, 0) is 38.1 Å². The van der Waals surface area contributed by atoms with E-state index in [0.717, 1.165) is 12.8 Å². The smallest absolute Gasteiger partial charge is 0.303 e. The summed E-state index contributed by atoms with van der Waals surface area (Å²) in [4.78, 5) is 33.9. The molecular weight excluding hydrogens is 332 g/mol. The fourth-order valence-corrected chi connectivity index (χ4v) is 2.45. The van der Waals surface area contributed by atoms with Gasteiger partial charge < -0.3 is 23.7 Å². The van der Waals surface area contributed by atoms with Gasteiger partial charge in [0.05, 0.1) is 6.61 Å². The van der Waals surface area contributed by atoms with E-state index in [-0.39, 0.29) is 13.0 Å². The van der Waals surface area contributed by atoms with Crippen LogP contribution < -0.4 is 0 Å². The topological polar surface area (TPSA) is 97.4 Å². The number of carbonyl (C=O) groups is 3. The van der Waals surface area contributed by atoms with Gasteiger partial charge in [-0.05, 0) is 12.8 Å². The van der Waals surface area contributed by atoms with Crippen molar-refractivity contribution in [3.8, 4) is 0 Å². The van der Waals surface area contributed by atoms with Gasteiger partial charge in [-0.2, -0.15) is 0 Å². The molecule has 0 radical (unpaired) electrons. The van der Waals surface area contributed by atoms with E-state index in [0.29, 0.717) is 6.61 Å². The number of carbonyl (C=O) groups excluding carboxylic acids is 3. The molecule has 4 atom stereocenters. The minimum atomic E-state index is -0.881. The molecule has 0 spiro atoms. The van der Waals surface area contributed by atoms with Crippen LogP contribution in [0.25, 0.3) is 0 Å². The molecule has 0 bridgehead atoms. The lowest BCUT2D eigenvalue weighted by atomic mass is 10.0. The maximum atomic E-state index is 11.4. The maximum Gasteiger partial charge on any atom is 0.303 e. The van der Waals surface area contributed by atoms with E-state index < -0.39 is 42.5 Å². The number of rotatable bonds is 9. The summed E-state index contributed by atoms with van der Waals surface area (Å²) in [5, 5.41) is 0. The van der Waals surface area contributed by atoms with E-state index in [9.17, 15) is 14.4 Å². The molecule has 1 rings (SSSR count). The zero-order valence-electron chi connectivity index (χ0n) is 14.9. The molecule has 1 aliphatic heterocycles. The van der Waals surface area contributed by atoms with E-state index in [1.54, 1.807) is 6.08 Å². The second-order valence-corrected chi connectivity index (χ2v) is 5.67. The third-order valence-electron chi connectivity index (χ3n) is 3.41. The number of ether oxygens (including phenoxy) is 5. The highest BCUT2D eigenvalue weighted by atomic mass is 16.7. The van der Waals surface area contributed by atoms with Gasteiger partial charge in [-0.15, -0.1) is 6.58 Å². The highest BCUT2D eigenvalue weighted by molar-refractivity contribution is 5.67. The molecule has 1 saturated heterocycles. The molecule has 8 nitrogen and oxygen atoms in total. The van der Waals surface area contributed by atoms with Gasteiger partial charge in [0.15, 0.2) is 12.4 Å². The molecule has 0 unspecified atom stereocenters. The minimum Gasteiger partial charge on any atom is -0.463 e. The van der Waals surface area contributed by atoms with Gasteiger partial charge in [0.25, 0.3) is 0 Å². The molecule has 1 aliphatic rings. The van der Waals surface area contributed by atoms with Crippen molar-refractivity contribution >= 4 is 17.9 Å². The van der Waals surface area contributed by atoms with Gasteiger partial charge >= 0.3 is 17.9 Å². The zero-order chi connectivity index (χ0) is 18.8. The molecule has 0 aromatic carbocycles. The van der Waals surface area contributed by atoms with Crippen LogP contribution in [0.1, 0.15) is 40.0 Å². The van der Waals surface area contributed by atoms with Crippen LogP contribution in [0.15, 0.2) is 12.7 Å². The summed E-state index contributed by atoms with van der Waals surface area (Å²) in [5.41, 5.74) is 0. The Hall–Kier alpha value is -1.93. The van der Waals surface area contributed by atoms with Crippen molar-refractivity contribution in [3.05, 3.63) is 12.7 Å². The third kappa shape index (κ3) is 8.13. The number of esters is 3. The van der Waals surface area contributed by atoms with E-state index in [1.165, 1.54) is 20.8 Å². The Labute approximate surface area is 147 Å². The normalized spacial score (nSPS) is 25.7. The van der Waals surface area contributed by atoms with Gasteiger partial charge in [0.2, 0.25) is 0 Å². The lowest BCUT2D eigenvalue weighted by molar-refractivity contribution is -0.266. The van der Waals surface area contributed by atoms with Crippen molar-refractivity contribution in [2.75, 3.05) is 13.2 Å². The molecule has 0 aromatic heterocycles. The second kappa shape index (κ2) is 10.8. The molecule has 1 heterocycles. The molecule has 1 fully saturated rings. The van der Waals surface area contributed by atoms with Crippen LogP contribution in [0.5, 0.6) is 0 Å². The summed E-state index contributed by atoms with van der Waals surface area (Å²) in [6.45, 7) is 7.70. The quantitative estimate of drug-likeness (QED) is 0.265. The fraction of sp³-hybridized carbons (Fsp3) is 0.706. The molecule has 8 heteroatoms. The van der Waals surface area contributed by atoms with Crippen LogP contribution in [0.3, 0.4) is 0 Å². The first-order valence-electron chi connectivity index (χ1n) is 8.19. The van der Waals surface area contributed by atoms with Crippen LogP contribution >= 0.6 is 0 Å². The molecule has 0 amide bonds. The standard InChI is InChI=1S/C17H26O8/c1-5-6-7-8-21-16-9-14(23-12(3)19)17(24-13(4)20)15(25-16)10-22-11(2)18/h5,14-17H,1,6-10H2,2-4H3/t14-,15-,16-,17-/m1/s1. The minimum absolute atomic E-state index is 0.141. The zero-order valence-corrected chi connectivity index (χ0v) is 14.9. The molecule has 0 aliphatic carbocycles. The average molecular weight is 358 g/mol. The van der Waals surface area contributed by atoms with Gasteiger partial charge in [0.1, 0.15) is 18.8 Å².